The van der Waals surface area contributed by atoms with E-state index in [0.717, 1.165) is 47.4 Å². The number of ketones is 1. The molecule has 1 aliphatic carbocycles. The number of aromatic nitrogens is 1. The summed E-state index contributed by atoms with van der Waals surface area (Å²) in [5.41, 5.74) is 3.20. The van der Waals surface area contributed by atoms with E-state index in [1.54, 1.807) is 6.92 Å². The van der Waals surface area contributed by atoms with Crippen molar-refractivity contribution in [2.24, 2.45) is 4.99 Å². The minimum Gasteiger partial charge on any atom is -0.378 e. The van der Waals surface area contributed by atoms with Crippen LogP contribution in [0.2, 0.25) is 0 Å². The smallest absolute Gasteiger partial charge is 0.191 e. The fourth-order valence-corrected chi connectivity index (χ4v) is 4.41. The van der Waals surface area contributed by atoms with E-state index in [1.165, 1.54) is 29.9 Å². The predicted molar refractivity (Wildman–Crippen MR) is 100 cm³/mol. The van der Waals surface area contributed by atoms with Gasteiger partial charge in [-0.25, -0.2) is 4.99 Å². The fraction of sp³-hybridized carbons (Fsp3) is 0.474. The van der Waals surface area contributed by atoms with Gasteiger partial charge in [0.1, 0.15) is 0 Å². The van der Waals surface area contributed by atoms with Gasteiger partial charge in [0.15, 0.2) is 10.6 Å². The molecular formula is C19H23N3O2S. The van der Waals surface area contributed by atoms with Crippen molar-refractivity contribution >= 4 is 28.5 Å². The van der Waals surface area contributed by atoms with Crippen LogP contribution < -0.4 is 9.70 Å². The van der Waals surface area contributed by atoms with E-state index in [1.807, 2.05) is 6.92 Å². The first-order chi connectivity index (χ1) is 12.1. The van der Waals surface area contributed by atoms with Crippen LogP contribution in [-0.4, -0.2) is 36.7 Å². The fourth-order valence-electron chi connectivity index (χ4n) is 3.30. The molecule has 0 unspecified atom stereocenters. The number of thiazole rings is 1. The van der Waals surface area contributed by atoms with Crippen molar-refractivity contribution in [2.45, 2.75) is 32.7 Å². The summed E-state index contributed by atoms with van der Waals surface area (Å²) < 4.78 is 7.66. The Labute approximate surface area is 151 Å². The van der Waals surface area contributed by atoms with Crippen LogP contribution in [0.1, 0.15) is 41.2 Å². The lowest BCUT2D eigenvalue weighted by atomic mass is 10.2. The van der Waals surface area contributed by atoms with E-state index < -0.39 is 0 Å². The molecule has 0 bridgehead atoms. The van der Waals surface area contributed by atoms with Gasteiger partial charge in [0.25, 0.3) is 0 Å². The van der Waals surface area contributed by atoms with Crippen LogP contribution in [0.15, 0.2) is 29.3 Å². The zero-order valence-corrected chi connectivity index (χ0v) is 15.5. The molecule has 1 saturated carbocycles. The molecule has 2 fully saturated rings. The van der Waals surface area contributed by atoms with Crippen molar-refractivity contribution in [3.63, 3.8) is 0 Å². The van der Waals surface area contributed by atoms with Crippen molar-refractivity contribution in [2.75, 3.05) is 31.2 Å². The van der Waals surface area contributed by atoms with Gasteiger partial charge in [-0.3, -0.25) is 4.79 Å². The molecule has 6 heteroatoms. The van der Waals surface area contributed by atoms with Crippen molar-refractivity contribution < 1.29 is 9.53 Å². The standard InChI is InChI=1S/C19H23N3O2S/c1-13-18(14(2)23)25-19(22(13)17-7-8-17)20-15-3-5-16(6-4-15)21-9-11-24-12-10-21/h3-6,17H,7-12H2,1-2H3/b20-19-. The van der Waals surface area contributed by atoms with Crippen LogP contribution in [-0.2, 0) is 4.74 Å². The highest BCUT2D eigenvalue weighted by Crippen LogP contribution is 2.36. The number of rotatable bonds is 4. The molecule has 5 nitrogen and oxygen atoms in total. The van der Waals surface area contributed by atoms with Crippen molar-refractivity contribution in [3.05, 3.63) is 39.6 Å². The topological polar surface area (TPSA) is 46.8 Å². The summed E-state index contributed by atoms with van der Waals surface area (Å²) in [6.07, 6.45) is 2.36. The van der Waals surface area contributed by atoms with E-state index in [2.05, 4.69) is 33.7 Å². The van der Waals surface area contributed by atoms with E-state index >= 15 is 0 Å². The van der Waals surface area contributed by atoms with Gasteiger partial charge in [0.05, 0.1) is 23.8 Å². The molecule has 0 spiro atoms. The molecule has 0 N–H and O–H groups in total. The molecule has 1 saturated heterocycles. The maximum Gasteiger partial charge on any atom is 0.191 e. The summed E-state index contributed by atoms with van der Waals surface area (Å²) in [5, 5.41) is 0. The Hall–Kier alpha value is -1.92. The van der Waals surface area contributed by atoms with Crippen LogP contribution in [0.5, 0.6) is 0 Å². The van der Waals surface area contributed by atoms with E-state index in [4.69, 9.17) is 9.73 Å². The summed E-state index contributed by atoms with van der Waals surface area (Å²) in [6, 6.07) is 8.88. The van der Waals surface area contributed by atoms with Crippen molar-refractivity contribution in [1.29, 1.82) is 0 Å². The molecule has 1 aromatic carbocycles. The third-order valence-electron chi connectivity index (χ3n) is 4.77. The number of hydrogen-bond donors (Lipinski definition) is 0. The number of morpholine rings is 1. The monoisotopic (exact) mass is 357 g/mol. The van der Waals surface area contributed by atoms with Gasteiger partial charge in [-0.15, -0.1) is 0 Å². The first kappa shape index (κ1) is 16.5. The Balaban J connectivity index is 1.66. The molecule has 2 aromatic rings. The molecule has 132 valence electrons. The molecule has 0 amide bonds. The first-order valence-corrected chi connectivity index (χ1v) is 9.65. The molecule has 0 radical (unpaired) electrons. The third kappa shape index (κ3) is 3.41. The van der Waals surface area contributed by atoms with Crippen LogP contribution >= 0.6 is 11.3 Å². The van der Waals surface area contributed by atoms with Gasteiger partial charge in [-0.1, -0.05) is 11.3 Å². The zero-order chi connectivity index (χ0) is 17.4. The zero-order valence-electron chi connectivity index (χ0n) is 14.7. The van der Waals surface area contributed by atoms with Crippen LogP contribution in [0.25, 0.3) is 0 Å². The van der Waals surface area contributed by atoms with Crippen molar-refractivity contribution in [3.8, 4) is 0 Å². The number of ether oxygens (including phenoxy) is 1. The van der Waals surface area contributed by atoms with Gasteiger partial charge in [-0.2, -0.15) is 0 Å². The molecule has 4 rings (SSSR count). The average molecular weight is 357 g/mol. The van der Waals surface area contributed by atoms with E-state index in [0.29, 0.717) is 6.04 Å². The normalized spacial score (nSPS) is 18.6. The molecule has 0 atom stereocenters. The second kappa shape index (κ2) is 6.77. The molecule has 25 heavy (non-hydrogen) atoms. The quantitative estimate of drug-likeness (QED) is 0.787. The lowest BCUT2D eigenvalue weighted by molar-refractivity contribution is 0.102. The van der Waals surface area contributed by atoms with E-state index in [9.17, 15) is 4.79 Å². The van der Waals surface area contributed by atoms with Gasteiger partial charge < -0.3 is 14.2 Å². The number of carbonyl (C=O) groups excluding carboxylic acids is 1. The molecule has 1 aromatic heterocycles. The van der Waals surface area contributed by atoms with Crippen molar-refractivity contribution in [1.82, 2.24) is 4.57 Å². The van der Waals surface area contributed by atoms with Gasteiger partial charge in [0.2, 0.25) is 0 Å². The maximum atomic E-state index is 11.9. The Kier molecular flexibility index (Phi) is 4.48. The van der Waals surface area contributed by atoms with Gasteiger partial charge in [-0.05, 0) is 44.0 Å². The highest BCUT2D eigenvalue weighted by molar-refractivity contribution is 7.11. The summed E-state index contributed by atoms with van der Waals surface area (Å²) in [4.78, 5) is 20.8. The summed E-state index contributed by atoms with van der Waals surface area (Å²) in [6.45, 7) is 7.11. The van der Waals surface area contributed by atoms with Crippen LogP contribution in [0, 0.1) is 6.92 Å². The number of benzene rings is 1. The average Bonchev–Trinajstić information content (AvgIpc) is 3.40. The second-order valence-electron chi connectivity index (χ2n) is 6.68. The number of nitrogens with zero attached hydrogens (tertiary/aromatic N) is 3. The number of hydrogen-bond acceptors (Lipinski definition) is 5. The highest BCUT2D eigenvalue weighted by atomic mass is 32.1. The molecule has 2 heterocycles. The SMILES string of the molecule is CC(=O)c1s/c(=N\c2ccc(N3CCOCC3)cc2)n(C2CC2)c1C. The lowest BCUT2D eigenvalue weighted by Crippen LogP contribution is -2.36. The summed E-state index contributed by atoms with van der Waals surface area (Å²) in [5.74, 6) is 0.126. The number of Topliss-reactive ketones (excluding diaryl/α,β-unsaturated/α-hetero) is 1. The Morgan fingerprint density at radius 3 is 2.48 bits per heavy atom. The Morgan fingerprint density at radius 1 is 1.20 bits per heavy atom. The number of carbonyl (C=O) groups is 1. The Morgan fingerprint density at radius 2 is 1.88 bits per heavy atom. The first-order valence-electron chi connectivity index (χ1n) is 8.84. The minimum absolute atomic E-state index is 0.126. The van der Waals surface area contributed by atoms with Gasteiger partial charge >= 0.3 is 0 Å². The second-order valence-corrected chi connectivity index (χ2v) is 7.66. The van der Waals surface area contributed by atoms with Gasteiger partial charge in [0, 0.05) is 37.4 Å². The number of anilines is 1. The Bertz CT molecular complexity index is 841. The van der Waals surface area contributed by atoms with E-state index in [-0.39, 0.29) is 5.78 Å². The maximum absolute atomic E-state index is 11.9. The lowest BCUT2D eigenvalue weighted by Gasteiger charge is -2.28. The molecule has 2 aliphatic rings. The highest BCUT2D eigenvalue weighted by Gasteiger charge is 2.28. The summed E-state index contributed by atoms with van der Waals surface area (Å²) >= 11 is 1.51. The largest absolute Gasteiger partial charge is 0.378 e. The molecular weight excluding hydrogens is 334 g/mol. The van der Waals surface area contributed by atoms with Crippen LogP contribution in [0.4, 0.5) is 11.4 Å². The van der Waals surface area contributed by atoms with Crippen LogP contribution in [0.3, 0.4) is 0 Å². The predicted octanol–water partition coefficient (Wildman–Crippen LogP) is 3.46. The summed E-state index contributed by atoms with van der Waals surface area (Å²) in [7, 11) is 0. The third-order valence-corrected chi connectivity index (χ3v) is 6.03. The minimum atomic E-state index is 0.126. The molecule has 1 aliphatic heterocycles.